The second-order valence-electron chi connectivity index (χ2n) is 7.08. The fourth-order valence-electron chi connectivity index (χ4n) is 2.86. The Bertz CT molecular complexity index is 199. The summed E-state index contributed by atoms with van der Waals surface area (Å²) in [6.07, 6.45) is 20.2. The summed E-state index contributed by atoms with van der Waals surface area (Å²) in [6.45, 7) is 4.59. The van der Waals surface area contributed by atoms with Crippen molar-refractivity contribution >= 4 is 35.3 Å². The lowest BCUT2D eigenvalue weighted by atomic mass is 10.1. The Morgan fingerprint density at radius 3 is 0.960 bits per heavy atom. The SMILES string of the molecule is CCCCCCCCCSCCSCCSCCCCCCCCC. The van der Waals surface area contributed by atoms with Crippen LogP contribution in [0.3, 0.4) is 0 Å². The van der Waals surface area contributed by atoms with E-state index >= 15 is 0 Å². The van der Waals surface area contributed by atoms with E-state index in [2.05, 4.69) is 49.1 Å². The molecule has 0 aromatic heterocycles. The van der Waals surface area contributed by atoms with Crippen LogP contribution < -0.4 is 0 Å². The first-order valence-electron chi connectivity index (χ1n) is 11.1. The number of rotatable bonds is 22. The van der Waals surface area contributed by atoms with E-state index in [1.54, 1.807) is 0 Å². The molecule has 0 aromatic rings. The molecule has 0 rings (SSSR count). The van der Waals surface area contributed by atoms with Gasteiger partial charge in [0.1, 0.15) is 0 Å². The van der Waals surface area contributed by atoms with Crippen molar-refractivity contribution in [3.05, 3.63) is 0 Å². The molecule has 0 nitrogen and oxygen atoms in total. The van der Waals surface area contributed by atoms with Gasteiger partial charge in [-0.05, 0) is 24.3 Å². The van der Waals surface area contributed by atoms with E-state index in [-0.39, 0.29) is 0 Å². The lowest BCUT2D eigenvalue weighted by molar-refractivity contribution is 0.603. The maximum atomic E-state index is 2.30. The predicted molar refractivity (Wildman–Crippen MR) is 128 cm³/mol. The molecule has 0 N–H and O–H groups in total. The van der Waals surface area contributed by atoms with Gasteiger partial charge in [-0.1, -0.05) is 90.9 Å². The standard InChI is InChI=1S/C22H46S3/c1-3-5-7-9-11-13-15-17-23-19-21-25-22-20-24-18-16-14-12-10-8-6-4-2/h3-22H2,1-2H3. The Morgan fingerprint density at radius 1 is 0.320 bits per heavy atom. The Balaban J connectivity index is 2.94. The highest BCUT2D eigenvalue weighted by Gasteiger charge is 1.95. The van der Waals surface area contributed by atoms with Crippen molar-refractivity contribution in [2.75, 3.05) is 34.5 Å². The summed E-state index contributed by atoms with van der Waals surface area (Å²) in [4.78, 5) is 0. The minimum absolute atomic E-state index is 1.36. The van der Waals surface area contributed by atoms with Crippen LogP contribution in [0.5, 0.6) is 0 Å². The zero-order valence-electron chi connectivity index (χ0n) is 17.4. The molecule has 0 aliphatic heterocycles. The quantitative estimate of drug-likeness (QED) is 0.165. The van der Waals surface area contributed by atoms with Gasteiger partial charge >= 0.3 is 0 Å². The maximum absolute atomic E-state index is 2.30. The molecule has 0 atom stereocenters. The van der Waals surface area contributed by atoms with Gasteiger partial charge in [-0.2, -0.15) is 35.3 Å². The molecule has 0 aromatic carbocycles. The molecule has 152 valence electrons. The highest BCUT2D eigenvalue weighted by molar-refractivity contribution is 8.04. The molecule has 0 fully saturated rings. The van der Waals surface area contributed by atoms with Gasteiger partial charge < -0.3 is 0 Å². The highest BCUT2D eigenvalue weighted by atomic mass is 32.2. The average Bonchev–Trinajstić information content (AvgIpc) is 2.63. The molecule has 0 heterocycles. The lowest BCUT2D eigenvalue weighted by Gasteiger charge is -2.04. The van der Waals surface area contributed by atoms with Gasteiger partial charge in [0.2, 0.25) is 0 Å². The second kappa shape index (κ2) is 25.1. The monoisotopic (exact) mass is 406 g/mol. The first-order valence-corrected chi connectivity index (χ1v) is 14.6. The van der Waals surface area contributed by atoms with Crippen molar-refractivity contribution in [1.82, 2.24) is 0 Å². The maximum Gasteiger partial charge on any atom is 0.00238 e. The molecule has 0 amide bonds. The molecule has 0 aliphatic carbocycles. The number of hydrogen-bond donors (Lipinski definition) is 0. The van der Waals surface area contributed by atoms with Crippen LogP contribution >= 0.6 is 35.3 Å². The van der Waals surface area contributed by atoms with Crippen LogP contribution in [-0.4, -0.2) is 34.5 Å². The number of unbranched alkanes of at least 4 members (excludes halogenated alkanes) is 12. The summed E-state index contributed by atoms with van der Waals surface area (Å²) in [6, 6.07) is 0. The summed E-state index contributed by atoms with van der Waals surface area (Å²) in [7, 11) is 0. The average molecular weight is 407 g/mol. The molecule has 0 aliphatic rings. The summed E-state index contributed by atoms with van der Waals surface area (Å²) in [5.41, 5.74) is 0. The zero-order chi connectivity index (χ0) is 18.3. The Morgan fingerprint density at radius 2 is 0.600 bits per heavy atom. The van der Waals surface area contributed by atoms with Crippen molar-refractivity contribution in [2.45, 2.75) is 104 Å². The van der Waals surface area contributed by atoms with Gasteiger partial charge in [0.15, 0.2) is 0 Å². The normalized spacial score (nSPS) is 11.3. The fraction of sp³-hybridized carbons (Fsp3) is 1.00. The van der Waals surface area contributed by atoms with Crippen molar-refractivity contribution in [3.8, 4) is 0 Å². The van der Waals surface area contributed by atoms with Crippen LogP contribution in [-0.2, 0) is 0 Å². The van der Waals surface area contributed by atoms with E-state index in [1.165, 1.54) is 124 Å². The third kappa shape index (κ3) is 25.1. The van der Waals surface area contributed by atoms with Crippen molar-refractivity contribution in [2.24, 2.45) is 0 Å². The van der Waals surface area contributed by atoms with Crippen molar-refractivity contribution in [3.63, 3.8) is 0 Å². The van der Waals surface area contributed by atoms with Gasteiger partial charge in [0.05, 0.1) is 0 Å². The van der Waals surface area contributed by atoms with Gasteiger partial charge in [0.25, 0.3) is 0 Å². The number of thioether (sulfide) groups is 3. The third-order valence-electron chi connectivity index (χ3n) is 4.53. The van der Waals surface area contributed by atoms with E-state index in [0.717, 1.165) is 0 Å². The molecule has 0 unspecified atom stereocenters. The van der Waals surface area contributed by atoms with E-state index in [4.69, 9.17) is 0 Å². The van der Waals surface area contributed by atoms with E-state index in [0.29, 0.717) is 0 Å². The van der Waals surface area contributed by atoms with Crippen molar-refractivity contribution < 1.29 is 0 Å². The van der Waals surface area contributed by atoms with Gasteiger partial charge in [-0.3, -0.25) is 0 Å². The summed E-state index contributed by atoms with van der Waals surface area (Å²) >= 11 is 6.52. The van der Waals surface area contributed by atoms with Crippen LogP contribution in [0.15, 0.2) is 0 Å². The smallest absolute Gasteiger partial charge is 0.00238 e. The largest absolute Gasteiger partial charge is 0.161 e. The summed E-state index contributed by atoms with van der Waals surface area (Å²) in [5.74, 6) is 8.23. The minimum Gasteiger partial charge on any atom is -0.161 e. The van der Waals surface area contributed by atoms with Gasteiger partial charge in [-0.15, -0.1) is 0 Å². The Kier molecular flexibility index (Phi) is 26.1. The highest BCUT2D eigenvalue weighted by Crippen LogP contribution is 2.15. The lowest BCUT2D eigenvalue weighted by Crippen LogP contribution is -1.92. The van der Waals surface area contributed by atoms with E-state index < -0.39 is 0 Å². The zero-order valence-corrected chi connectivity index (χ0v) is 19.8. The van der Waals surface area contributed by atoms with Crippen LogP contribution in [0.4, 0.5) is 0 Å². The molecule has 0 spiro atoms. The number of hydrogen-bond acceptors (Lipinski definition) is 3. The minimum atomic E-state index is 1.36. The summed E-state index contributed by atoms with van der Waals surface area (Å²) < 4.78 is 0. The Hall–Kier alpha value is 1.05. The molecule has 0 saturated carbocycles. The topological polar surface area (TPSA) is 0 Å². The molecule has 0 radical (unpaired) electrons. The van der Waals surface area contributed by atoms with E-state index in [9.17, 15) is 0 Å². The molecular formula is C22H46S3. The van der Waals surface area contributed by atoms with Gasteiger partial charge in [0, 0.05) is 23.0 Å². The third-order valence-corrected chi connectivity index (χ3v) is 8.17. The first-order chi connectivity index (χ1) is 12.4. The fourth-order valence-corrected chi connectivity index (χ4v) is 6.18. The van der Waals surface area contributed by atoms with Crippen LogP contribution in [0.2, 0.25) is 0 Å². The molecule has 0 bridgehead atoms. The Labute approximate surface area is 173 Å². The van der Waals surface area contributed by atoms with Crippen LogP contribution in [0.25, 0.3) is 0 Å². The summed E-state index contributed by atoms with van der Waals surface area (Å²) in [5, 5.41) is 0. The first kappa shape index (κ1) is 26.1. The molecule has 3 heteroatoms. The van der Waals surface area contributed by atoms with E-state index in [1.807, 2.05) is 0 Å². The van der Waals surface area contributed by atoms with Crippen LogP contribution in [0.1, 0.15) is 104 Å². The van der Waals surface area contributed by atoms with Crippen LogP contribution in [0, 0.1) is 0 Å². The second-order valence-corrected chi connectivity index (χ2v) is 10.8. The van der Waals surface area contributed by atoms with Crippen molar-refractivity contribution in [1.29, 1.82) is 0 Å². The molecule has 25 heavy (non-hydrogen) atoms. The van der Waals surface area contributed by atoms with Gasteiger partial charge in [-0.25, -0.2) is 0 Å². The predicted octanol–water partition coefficient (Wildman–Crippen LogP) is 8.69. The molecular weight excluding hydrogens is 360 g/mol. The molecule has 0 saturated heterocycles.